The highest BCUT2D eigenvalue weighted by atomic mass is 19.4. The number of hydrogen-bond donors (Lipinski definition) is 0. The van der Waals surface area contributed by atoms with Crippen LogP contribution in [0.25, 0.3) is 89.0 Å². The molecule has 0 saturated carbocycles. The number of Topliss-reactive ketones (excluding diaryl/α,β-unsaturated/α-hetero) is 4. The third-order valence-corrected chi connectivity index (χ3v) is 22.6. The number of carbonyl (C=O) groups excluding carboxylic acids is 4. The van der Waals surface area contributed by atoms with Crippen molar-refractivity contribution in [3.05, 3.63) is 333 Å². The zero-order chi connectivity index (χ0) is 105. The third-order valence-electron chi connectivity index (χ3n) is 22.6. The monoisotopic (exact) mass is 1980 g/mol. The summed E-state index contributed by atoms with van der Waals surface area (Å²) < 4.78 is 373. The van der Waals surface area contributed by atoms with Crippen LogP contribution in [0.15, 0.2) is 243 Å². The van der Waals surface area contributed by atoms with E-state index in [-0.39, 0.29) is 103 Å². The summed E-state index contributed by atoms with van der Waals surface area (Å²) in [5.74, 6) is -5.49. The Balaban J connectivity index is 0.000000209. The topological polar surface area (TPSA) is 68.3 Å². The van der Waals surface area contributed by atoms with Crippen LogP contribution in [0.1, 0.15) is 199 Å². The second-order valence-electron chi connectivity index (χ2n) is 35.8. The minimum absolute atomic E-state index is 0.0151. The van der Waals surface area contributed by atoms with E-state index in [1.54, 1.807) is 36.4 Å². The molecule has 0 aliphatic heterocycles. The Hall–Kier alpha value is -12.6. The maximum atomic E-state index is 13.9. The van der Waals surface area contributed by atoms with Gasteiger partial charge in [-0.2, -0.15) is 105 Å². The Morgan fingerprint density at radius 3 is 0.450 bits per heavy atom. The molecule has 32 heteroatoms. The first-order valence-electron chi connectivity index (χ1n) is 43.4. The highest BCUT2D eigenvalue weighted by molar-refractivity contribution is 5.89. The van der Waals surface area contributed by atoms with Crippen molar-refractivity contribution < 1.29 is 142 Å². The summed E-state index contributed by atoms with van der Waals surface area (Å²) in [6.07, 6.45) is -36.5. The Bertz CT molecular complexity index is 5870. The third kappa shape index (κ3) is 30.7. The van der Waals surface area contributed by atoms with E-state index in [9.17, 15) is 142 Å². The molecule has 12 aromatic rings. The van der Waals surface area contributed by atoms with E-state index in [0.29, 0.717) is 106 Å². The van der Waals surface area contributed by atoms with Crippen molar-refractivity contribution in [1.29, 1.82) is 0 Å². The Kier molecular flexibility index (Phi) is 35.2. The fourth-order valence-electron chi connectivity index (χ4n) is 15.9. The number of alkyl halides is 24. The molecule has 0 aliphatic carbocycles. The Morgan fingerprint density at radius 1 is 0.179 bits per heavy atom. The Labute approximate surface area is 788 Å². The molecule has 140 heavy (non-hydrogen) atoms. The first kappa shape index (κ1) is 111. The lowest BCUT2D eigenvalue weighted by Crippen LogP contribution is -2.13. The first-order valence-corrected chi connectivity index (χ1v) is 43.4. The van der Waals surface area contributed by atoms with Crippen LogP contribution in [0.3, 0.4) is 0 Å². The number of halogens is 28. The average molecular weight is 1990 g/mol. The van der Waals surface area contributed by atoms with Crippen molar-refractivity contribution in [2.45, 2.75) is 182 Å². The summed E-state index contributed by atoms with van der Waals surface area (Å²) in [7, 11) is 0. The lowest BCUT2D eigenvalue weighted by atomic mass is 9.84. The van der Waals surface area contributed by atoms with E-state index >= 15 is 0 Å². The van der Waals surface area contributed by atoms with Crippen LogP contribution in [0.4, 0.5) is 123 Å². The zero-order valence-corrected chi connectivity index (χ0v) is 76.8. The van der Waals surface area contributed by atoms with Crippen LogP contribution in [0.5, 0.6) is 0 Å². The summed E-state index contributed by atoms with van der Waals surface area (Å²) >= 11 is 0. The molecule has 4 nitrogen and oxygen atoms in total. The van der Waals surface area contributed by atoms with Crippen LogP contribution in [0.2, 0.25) is 0 Å². The summed E-state index contributed by atoms with van der Waals surface area (Å²) in [4.78, 5) is 49.7. The standard InChI is InChI=1S/2C28H23F9O.2C26H23F5O/c2*1-15(2)8-25(16(3)38)21-10-18(17-4-6-22(7-5-17)26(29,30)31)9-19(11-21)20-12-23(27(32,33)34)14-24(13-20)28(35,36)37;2*1-15(2)8-25(16(3)32)21-10-18(17-4-6-22(7-5-17)26(29,30)31)9-19(11-21)20-12-23(27)14-24(28)13-20/h2*4-7,9-15,25H,8H2,1-3H3;2*4-7,9-15,25H,8H2,1-3H3/t4*25-/m1010/s1. The van der Waals surface area contributed by atoms with Gasteiger partial charge in [0.15, 0.2) is 0 Å². The number of rotatable bonds is 24. The molecule has 0 unspecified atom stereocenters. The lowest BCUT2D eigenvalue weighted by molar-refractivity contribution is -0.144. The van der Waals surface area contributed by atoms with Gasteiger partial charge in [0.25, 0.3) is 0 Å². The fourth-order valence-corrected chi connectivity index (χ4v) is 15.9. The van der Waals surface area contributed by atoms with E-state index in [0.717, 1.165) is 84.9 Å². The molecule has 0 fully saturated rings. The van der Waals surface area contributed by atoms with E-state index in [2.05, 4.69) is 0 Å². The molecule has 0 N–H and O–H groups in total. The van der Waals surface area contributed by atoms with Crippen molar-refractivity contribution in [3.8, 4) is 89.0 Å². The van der Waals surface area contributed by atoms with Gasteiger partial charge in [-0.15, -0.1) is 0 Å². The average Bonchev–Trinajstić information content (AvgIpc) is 0.788. The van der Waals surface area contributed by atoms with Crippen LogP contribution >= 0.6 is 0 Å². The molecule has 744 valence electrons. The molecule has 0 spiro atoms. The van der Waals surface area contributed by atoms with Crippen LogP contribution in [-0.4, -0.2) is 23.1 Å². The predicted molar refractivity (Wildman–Crippen MR) is 481 cm³/mol. The normalized spacial score (nSPS) is 13.2. The minimum atomic E-state index is -5.07. The largest absolute Gasteiger partial charge is 0.416 e. The van der Waals surface area contributed by atoms with Crippen LogP contribution in [-0.2, 0) is 68.6 Å². The number of carbonyl (C=O) groups is 4. The molecule has 0 bridgehead atoms. The molecule has 0 amide bonds. The summed E-state index contributed by atoms with van der Waals surface area (Å²) in [5, 5.41) is 0. The van der Waals surface area contributed by atoms with E-state index in [1.807, 2.05) is 55.4 Å². The fraction of sp³-hybridized carbons (Fsp3) is 0.296. The molecular weight excluding hydrogens is 1890 g/mol. The van der Waals surface area contributed by atoms with Crippen molar-refractivity contribution in [2.75, 3.05) is 0 Å². The minimum Gasteiger partial charge on any atom is -0.299 e. The van der Waals surface area contributed by atoms with Gasteiger partial charge in [0.2, 0.25) is 0 Å². The van der Waals surface area contributed by atoms with E-state index in [4.69, 9.17) is 0 Å². The molecular formula is C108H92F28O4. The molecule has 12 rings (SSSR count). The van der Waals surface area contributed by atoms with Gasteiger partial charge >= 0.3 is 49.4 Å². The zero-order valence-electron chi connectivity index (χ0n) is 76.8. The molecule has 0 heterocycles. The summed E-state index contributed by atoms with van der Waals surface area (Å²) in [6, 6.07) is 44.5. The molecule has 0 saturated heterocycles. The van der Waals surface area contributed by atoms with Crippen molar-refractivity contribution >= 4 is 23.1 Å². The maximum absolute atomic E-state index is 13.9. The molecule has 0 radical (unpaired) electrons. The van der Waals surface area contributed by atoms with Gasteiger partial charge in [-0.1, -0.05) is 152 Å². The van der Waals surface area contributed by atoms with E-state index in [1.165, 1.54) is 113 Å². The maximum Gasteiger partial charge on any atom is 0.416 e. The quantitative estimate of drug-likeness (QED) is 0.0566. The summed E-state index contributed by atoms with van der Waals surface area (Å²) in [6.45, 7) is 20.9. The van der Waals surface area contributed by atoms with Gasteiger partial charge in [0, 0.05) is 35.8 Å². The Morgan fingerprint density at radius 2 is 0.314 bits per heavy atom. The van der Waals surface area contributed by atoms with Crippen LogP contribution in [0, 0.1) is 46.9 Å². The molecule has 0 aliphatic rings. The summed E-state index contributed by atoms with van der Waals surface area (Å²) in [5.41, 5.74) is -3.66. The molecule has 12 aromatic carbocycles. The van der Waals surface area contributed by atoms with Crippen LogP contribution < -0.4 is 0 Å². The second-order valence-corrected chi connectivity index (χ2v) is 35.8. The smallest absolute Gasteiger partial charge is 0.299 e. The number of hydrogen-bond acceptors (Lipinski definition) is 4. The van der Waals surface area contributed by atoms with Gasteiger partial charge in [-0.3, -0.25) is 19.2 Å². The van der Waals surface area contributed by atoms with Gasteiger partial charge in [0.1, 0.15) is 46.4 Å². The van der Waals surface area contributed by atoms with Gasteiger partial charge in [-0.25, -0.2) is 17.6 Å². The predicted octanol–water partition coefficient (Wildman–Crippen LogP) is 35.7. The van der Waals surface area contributed by atoms with Crippen molar-refractivity contribution in [2.24, 2.45) is 23.7 Å². The van der Waals surface area contributed by atoms with Crippen molar-refractivity contribution in [1.82, 2.24) is 0 Å². The number of ketones is 4. The first-order chi connectivity index (χ1) is 64.6. The molecule has 4 atom stereocenters. The highest BCUT2D eigenvalue weighted by Gasteiger charge is 2.41. The lowest BCUT2D eigenvalue weighted by Gasteiger charge is -2.20. The second kappa shape index (κ2) is 44.5. The van der Waals surface area contributed by atoms with Gasteiger partial charge in [0.05, 0.1) is 44.5 Å². The number of benzene rings is 12. The van der Waals surface area contributed by atoms with Crippen molar-refractivity contribution in [3.63, 3.8) is 0 Å². The van der Waals surface area contributed by atoms with Gasteiger partial charge < -0.3 is 0 Å². The van der Waals surface area contributed by atoms with E-state index < -0.39 is 152 Å². The van der Waals surface area contributed by atoms with Gasteiger partial charge in [-0.05, 0) is 322 Å². The highest BCUT2D eigenvalue weighted by Crippen LogP contribution is 2.48. The SMILES string of the molecule is CC(=O)[C@@H](CC(C)C)c1cc(-c2ccc(C(F)(F)F)cc2)cc(-c2cc(C(F)(F)F)cc(C(F)(F)F)c2)c1.CC(=O)[C@@H](CC(C)C)c1cc(-c2ccc(C(F)(F)F)cc2)cc(-c2cc(F)cc(F)c2)c1.CC(=O)[C@H](CC(C)C)c1cc(-c2ccc(C(F)(F)F)cc2)cc(-c2cc(C(F)(F)F)cc(C(F)(F)F)c2)c1.CC(=O)[C@H](CC(C)C)c1cc(-c2ccc(C(F)(F)F)cc2)cc(-c2cc(F)cc(F)c2)c1. The molecule has 0 aromatic heterocycles.